The first-order valence-corrected chi connectivity index (χ1v) is 11.1. The van der Waals surface area contributed by atoms with Crippen molar-refractivity contribution in [2.45, 2.75) is 77.3 Å². The first-order chi connectivity index (χ1) is 12.0. The molecule has 1 N–H and O–H groups in total. The molecule has 2 heteroatoms. The summed E-state index contributed by atoms with van der Waals surface area (Å²) < 4.78 is 0. The van der Waals surface area contributed by atoms with E-state index < -0.39 is 0 Å². The Hall–Kier alpha value is -0.340. The smallest absolute Gasteiger partial charge is 0.0102 e. The van der Waals surface area contributed by atoms with Crippen LogP contribution in [0.4, 0.5) is 0 Å². The Morgan fingerprint density at radius 2 is 1.88 bits per heavy atom. The predicted octanol–water partition coefficient (Wildman–Crippen LogP) is 4.47. The van der Waals surface area contributed by atoms with Crippen molar-refractivity contribution >= 4 is 0 Å². The van der Waals surface area contributed by atoms with Crippen molar-refractivity contribution in [3.8, 4) is 0 Å². The summed E-state index contributed by atoms with van der Waals surface area (Å²) in [6, 6.07) is 1.55. The third-order valence-electron chi connectivity index (χ3n) is 10.1. The van der Waals surface area contributed by atoms with Gasteiger partial charge < -0.3 is 10.2 Å². The number of hydrogen-bond donors (Lipinski definition) is 1. The summed E-state index contributed by atoms with van der Waals surface area (Å²) in [5.41, 5.74) is 3.02. The van der Waals surface area contributed by atoms with Gasteiger partial charge in [-0.2, -0.15) is 0 Å². The molecule has 3 saturated carbocycles. The molecule has 4 aliphatic carbocycles. The molecule has 1 spiro atoms. The summed E-state index contributed by atoms with van der Waals surface area (Å²) in [5.74, 6) is 3.96. The van der Waals surface area contributed by atoms with Crippen LogP contribution < -0.4 is 5.32 Å². The van der Waals surface area contributed by atoms with E-state index in [1.165, 1.54) is 57.9 Å². The molecule has 1 unspecified atom stereocenters. The fourth-order valence-electron chi connectivity index (χ4n) is 8.71. The summed E-state index contributed by atoms with van der Waals surface area (Å²) in [6.45, 7) is 6.55. The molecule has 0 aromatic rings. The highest BCUT2D eigenvalue weighted by atomic mass is 15.2. The largest absolute Gasteiger partial charge is 0.317 e. The van der Waals surface area contributed by atoms with Crippen LogP contribution in [-0.2, 0) is 0 Å². The molecule has 2 nitrogen and oxygen atoms in total. The van der Waals surface area contributed by atoms with E-state index in [-0.39, 0.29) is 0 Å². The lowest BCUT2D eigenvalue weighted by Crippen LogP contribution is -2.52. The molecule has 0 aromatic carbocycles. The molecule has 1 heterocycles. The average molecular weight is 343 g/mol. The summed E-state index contributed by atoms with van der Waals surface area (Å²) in [5, 5.41) is 3.56. The van der Waals surface area contributed by atoms with Crippen LogP contribution >= 0.6 is 0 Å². The highest BCUT2D eigenvalue weighted by Gasteiger charge is 2.63. The molecule has 25 heavy (non-hydrogen) atoms. The maximum atomic E-state index is 3.56. The molecule has 1 saturated heterocycles. The second-order valence-electron chi connectivity index (χ2n) is 10.6. The molecule has 5 aliphatic rings. The van der Waals surface area contributed by atoms with Crippen LogP contribution in [0, 0.1) is 34.5 Å². The van der Waals surface area contributed by atoms with E-state index in [4.69, 9.17) is 0 Å². The van der Waals surface area contributed by atoms with Crippen LogP contribution in [0.2, 0.25) is 0 Å². The Morgan fingerprint density at radius 3 is 2.68 bits per heavy atom. The van der Waals surface area contributed by atoms with Crippen LogP contribution in [0.3, 0.4) is 0 Å². The van der Waals surface area contributed by atoms with Gasteiger partial charge in [0.25, 0.3) is 0 Å². The molecule has 0 radical (unpaired) electrons. The number of allylic oxidation sites excluding steroid dienone is 1. The summed E-state index contributed by atoms with van der Waals surface area (Å²) >= 11 is 0. The van der Waals surface area contributed by atoms with E-state index >= 15 is 0 Å². The normalized spacial score (nSPS) is 55.1. The second-order valence-corrected chi connectivity index (χ2v) is 10.6. The van der Waals surface area contributed by atoms with Crippen LogP contribution in [0.1, 0.15) is 65.2 Å². The zero-order valence-electron chi connectivity index (χ0n) is 16.9. The molecule has 0 aromatic heterocycles. The van der Waals surface area contributed by atoms with Crippen molar-refractivity contribution < 1.29 is 0 Å². The third kappa shape index (κ3) is 2.10. The number of fused-ring (bicyclic) bond motifs is 4. The molecular weight excluding hydrogens is 304 g/mol. The summed E-state index contributed by atoms with van der Waals surface area (Å²) in [6.07, 6.45) is 14.3. The minimum atomic E-state index is 0.520. The molecule has 1 aliphatic heterocycles. The van der Waals surface area contributed by atoms with Gasteiger partial charge >= 0.3 is 0 Å². The Kier molecular flexibility index (Phi) is 3.75. The number of rotatable bonds is 1. The van der Waals surface area contributed by atoms with E-state index in [0.29, 0.717) is 10.8 Å². The SMILES string of the molecule is CN[C@H]1CC[C@@]2(C)C(=CC[C@H]3[C@@H]4CC[C@@H]5[C@H](C)N(C)CC54CC[C@@H]32)C1. The number of nitrogens with zero attached hydrogens (tertiary/aromatic N) is 1. The van der Waals surface area contributed by atoms with E-state index in [9.17, 15) is 0 Å². The van der Waals surface area contributed by atoms with Gasteiger partial charge in [0.2, 0.25) is 0 Å². The first kappa shape index (κ1) is 16.8. The Bertz CT molecular complexity index is 583. The van der Waals surface area contributed by atoms with E-state index in [1.54, 1.807) is 0 Å². The summed E-state index contributed by atoms with van der Waals surface area (Å²) in [4.78, 5) is 2.70. The van der Waals surface area contributed by atoms with Crippen molar-refractivity contribution in [3.05, 3.63) is 11.6 Å². The number of hydrogen-bond acceptors (Lipinski definition) is 2. The molecular formula is C23H38N2. The van der Waals surface area contributed by atoms with Crippen molar-refractivity contribution in [3.63, 3.8) is 0 Å². The Labute approximate surface area is 154 Å². The molecule has 4 fully saturated rings. The lowest BCUT2D eigenvalue weighted by molar-refractivity contribution is -0.0403. The fraction of sp³-hybridized carbons (Fsp3) is 0.913. The Balaban J connectivity index is 1.47. The molecule has 5 rings (SSSR count). The monoisotopic (exact) mass is 342 g/mol. The average Bonchev–Trinajstić information content (AvgIpc) is 3.09. The van der Waals surface area contributed by atoms with Crippen molar-refractivity contribution in [1.82, 2.24) is 10.2 Å². The van der Waals surface area contributed by atoms with Crippen LogP contribution in [0.5, 0.6) is 0 Å². The van der Waals surface area contributed by atoms with Crippen LogP contribution in [0.15, 0.2) is 11.6 Å². The maximum absolute atomic E-state index is 3.56. The van der Waals surface area contributed by atoms with Gasteiger partial charge in [-0.25, -0.2) is 0 Å². The summed E-state index contributed by atoms with van der Waals surface area (Å²) in [7, 11) is 4.54. The lowest BCUT2D eigenvalue weighted by atomic mass is 9.47. The quantitative estimate of drug-likeness (QED) is 0.707. The van der Waals surface area contributed by atoms with Gasteiger partial charge in [0.1, 0.15) is 0 Å². The van der Waals surface area contributed by atoms with Crippen molar-refractivity contribution in [2.24, 2.45) is 34.5 Å². The highest BCUT2D eigenvalue weighted by Crippen LogP contribution is 2.68. The Morgan fingerprint density at radius 1 is 1.08 bits per heavy atom. The minimum absolute atomic E-state index is 0.520. The molecule has 0 amide bonds. The van der Waals surface area contributed by atoms with Crippen molar-refractivity contribution in [1.29, 1.82) is 0 Å². The van der Waals surface area contributed by atoms with E-state index in [0.717, 1.165) is 35.8 Å². The van der Waals surface area contributed by atoms with E-state index in [1.807, 2.05) is 5.57 Å². The standard InChI is InChI=1S/C23H38N2/c1-15-19-7-8-21-18-6-5-16-13-17(24-3)9-11-22(16,2)20(18)10-12-23(19,21)14-25(15)4/h5,15,17-21,24H,6-14H2,1-4H3/t15-,17-,18+,19+,20-,21-,22-,23?/m0/s1. The molecule has 8 atom stereocenters. The van der Waals surface area contributed by atoms with Gasteiger partial charge in [0.15, 0.2) is 0 Å². The first-order valence-electron chi connectivity index (χ1n) is 11.1. The lowest BCUT2D eigenvalue weighted by Gasteiger charge is -2.58. The second kappa shape index (κ2) is 5.58. The topological polar surface area (TPSA) is 15.3 Å². The molecule has 140 valence electrons. The number of likely N-dealkylation sites (tertiary alicyclic amines) is 1. The maximum Gasteiger partial charge on any atom is 0.0102 e. The van der Waals surface area contributed by atoms with Gasteiger partial charge in [-0.15, -0.1) is 0 Å². The van der Waals surface area contributed by atoms with Gasteiger partial charge in [-0.3, -0.25) is 0 Å². The van der Waals surface area contributed by atoms with Crippen LogP contribution in [-0.4, -0.2) is 37.6 Å². The van der Waals surface area contributed by atoms with Gasteiger partial charge in [0.05, 0.1) is 0 Å². The molecule has 0 bridgehead atoms. The third-order valence-corrected chi connectivity index (χ3v) is 10.1. The minimum Gasteiger partial charge on any atom is -0.317 e. The van der Waals surface area contributed by atoms with Gasteiger partial charge in [-0.05, 0) is 107 Å². The zero-order valence-corrected chi connectivity index (χ0v) is 16.9. The number of nitrogens with one attached hydrogen (secondary N) is 1. The van der Waals surface area contributed by atoms with Crippen molar-refractivity contribution in [2.75, 3.05) is 20.6 Å². The zero-order chi connectivity index (χ0) is 17.4. The highest BCUT2D eigenvalue weighted by molar-refractivity contribution is 5.26. The van der Waals surface area contributed by atoms with Crippen LogP contribution in [0.25, 0.3) is 0 Å². The van der Waals surface area contributed by atoms with Gasteiger partial charge in [0, 0.05) is 18.6 Å². The fourth-order valence-corrected chi connectivity index (χ4v) is 8.71. The van der Waals surface area contributed by atoms with E-state index in [2.05, 4.69) is 44.2 Å². The predicted molar refractivity (Wildman–Crippen MR) is 104 cm³/mol. The van der Waals surface area contributed by atoms with Gasteiger partial charge in [-0.1, -0.05) is 18.6 Å².